The Kier molecular flexibility index (Phi) is 4.39. The number of rotatable bonds is 2. The van der Waals surface area contributed by atoms with Crippen LogP contribution in [0, 0.1) is 35.8 Å². The van der Waals surface area contributed by atoms with E-state index in [4.69, 9.17) is 0 Å². The Bertz CT molecular complexity index is 472. The lowest BCUT2D eigenvalue weighted by Crippen LogP contribution is -1.94. The van der Waals surface area contributed by atoms with Crippen LogP contribution in [-0.2, 0) is 0 Å². The van der Waals surface area contributed by atoms with E-state index in [-0.39, 0.29) is 10.6 Å². The van der Waals surface area contributed by atoms with Gasteiger partial charge in [0.2, 0.25) is 0 Å². The van der Waals surface area contributed by atoms with E-state index >= 15 is 0 Å². The Morgan fingerprint density at radius 3 is 2.62 bits per heavy atom. The highest BCUT2D eigenvalue weighted by molar-refractivity contribution is 7.80. The number of aryl methyl sites for hydroxylation is 2. The van der Waals surface area contributed by atoms with Crippen molar-refractivity contribution in [1.29, 1.82) is 0 Å². The summed E-state index contributed by atoms with van der Waals surface area (Å²) in [6.45, 7) is 3.64. The van der Waals surface area contributed by atoms with Crippen LogP contribution in [0.15, 0.2) is 12.1 Å². The van der Waals surface area contributed by atoms with E-state index in [1.54, 1.807) is 13.0 Å². The monoisotopic (exact) mass is 235 g/mol. The molecular formula is C12H13NO2S. The second kappa shape index (κ2) is 5.57. The standard InChI is InChI=1S/C12H13NO2S/c1-9-7-10(2)12(13(14)15)8-11(9)5-3-4-6-16/h7-8,16H,4,6H2,1-2H3. The van der Waals surface area contributed by atoms with Crippen LogP contribution < -0.4 is 0 Å². The Balaban J connectivity index is 3.16. The summed E-state index contributed by atoms with van der Waals surface area (Å²) in [5.74, 6) is 6.56. The minimum Gasteiger partial charge on any atom is -0.258 e. The van der Waals surface area contributed by atoms with E-state index in [1.807, 2.05) is 6.92 Å². The molecule has 0 spiro atoms. The van der Waals surface area contributed by atoms with Gasteiger partial charge in [-0.15, -0.1) is 0 Å². The first-order chi connectivity index (χ1) is 7.56. The molecule has 0 amide bonds. The molecule has 16 heavy (non-hydrogen) atoms. The second-order valence-electron chi connectivity index (χ2n) is 3.49. The average Bonchev–Trinajstić information content (AvgIpc) is 2.21. The SMILES string of the molecule is Cc1cc(C)c([N+](=O)[O-])cc1C#CCCS. The summed E-state index contributed by atoms with van der Waals surface area (Å²) in [4.78, 5) is 10.4. The number of benzene rings is 1. The summed E-state index contributed by atoms with van der Waals surface area (Å²) in [5.41, 5.74) is 2.48. The van der Waals surface area contributed by atoms with Crippen molar-refractivity contribution in [2.45, 2.75) is 20.3 Å². The molecule has 0 N–H and O–H groups in total. The van der Waals surface area contributed by atoms with E-state index in [1.165, 1.54) is 6.07 Å². The predicted molar refractivity (Wildman–Crippen MR) is 67.9 cm³/mol. The molecule has 0 bridgehead atoms. The van der Waals surface area contributed by atoms with Crippen LogP contribution >= 0.6 is 12.6 Å². The van der Waals surface area contributed by atoms with Crippen molar-refractivity contribution in [3.63, 3.8) is 0 Å². The Hall–Kier alpha value is -1.47. The van der Waals surface area contributed by atoms with Gasteiger partial charge in [-0.2, -0.15) is 12.6 Å². The van der Waals surface area contributed by atoms with Gasteiger partial charge < -0.3 is 0 Å². The molecule has 0 aliphatic heterocycles. The first-order valence-electron chi connectivity index (χ1n) is 4.91. The lowest BCUT2D eigenvalue weighted by molar-refractivity contribution is -0.385. The Morgan fingerprint density at radius 2 is 2.06 bits per heavy atom. The molecule has 0 heterocycles. The highest BCUT2D eigenvalue weighted by Crippen LogP contribution is 2.21. The number of hydrogen-bond donors (Lipinski definition) is 1. The third-order valence-corrected chi connectivity index (χ3v) is 2.42. The largest absolute Gasteiger partial charge is 0.273 e. The average molecular weight is 235 g/mol. The molecule has 1 aromatic rings. The third kappa shape index (κ3) is 3.01. The first-order valence-corrected chi connectivity index (χ1v) is 5.55. The number of nitrogens with zero attached hydrogens (tertiary/aromatic N) is 1. The van der Waals surface area contributed by atoms with E-state index in [2.05, 4.69) is 24.5 Å². The minimum atomic E-state index is -0.376. The lowest BCUT2D eigenvalue weighted by Gasteiger charge is -2.01. The fraction of sp³-hybridized carbons (Fsp3) is 0.333. The van der Waals surface area contributed by atoms with Gasteiger partial charge in [-0.25, -0.2) is 0 Å². The van der Waals surface area contributed by atoms with Gasteiger partial charge in [-0.05, 0) is 25.5 Å². The molecule has 0 atom stereocenters. The maximum absolute atomic E-state index is 10.8. The number of hydrogen-bond acceptors (Lipinski definition) is 3. The molecule has 0 aliphatic carbocycles. The molecule has 0 aliphatic rings. The van der Waals surface area contributed by atoms with Crippen molar-refractivity contribution >= 4 is 18.3 Å². The molecule has 0 radical (unpaired) electrons. The summed E-state index contributed by atoms with van der Waals surface area (Å²) < 4.78 is 0. The van der Waals surface area contributed by atoms with Gasteiger partial charge in [0.25, 0.3) is 5.69 Å². The maximum Gasteiger partial charge on any atom is 0.273 e. The number of nitro benzene ring substituents is 1. The van der Waals surface area contributed by atoms with Crippen molar-refractivity contribution in [2.24, 2.45) is 0 Å². The van der Waals surface area contributed by atoms with Gasteiger partial charge in [0.05, 0.1) is 4.92 Å². The summed E-state index contributed by atoms with van der Waals surface area (Å²) in [6, 6.07) is 3.33. The van der Waals surface area contributed by atoms with E-state index in [0.29, 0.717) is 17.7 Å². The van der Waals surface area contributed by atoms with Crippen molar-refractivity contribution < 1.29 is 4.92 Å². The molecule has 4 heteroatoms. The van der Waals surface area contributed by atoms with E-state index in [9.17, 15) is 10.1 Å². The lowest BCUT2D eigenvalue weighted by atomic mass is 10.0. The first kappa shape index (κ1) is 12.6. The van der Waals surface area contributed by atoms with Crippen LogP contribution in [0.5, 0.6) is 0 Å². The summed E-state index contributed by atoms with van der Waals surface area (Å²) in [5, 5.41) is 10.8. The summed E-state index contributed by atoms with van der Waals surface area (Å²) >= 11 is 4.05. The molecule has 0 fully saturated rings. The second-order valence-corrected chi connectivity index (χ2v) is 3.93. The van der Waals surface area contributed by atoms with Crippen LogP contribution in [0.1, 0.15) is 23.1 Å². The third-order valence-electron chi connectivity index (χ3n) is 2.20. The van der Waals surface area contributed by atoms with Crippen LogP contribution in [-0.4, -0.2) is 10.7 Å². The zero-order valence-corrected chi connectivity index (χ0v) is 10.2. The number of nitro groups is 1. The van der Waals surface area contributed by atoms with Gasteiger partial charge in [0.1, 0.15) is 0 Å². The molecule has 0 aromatic heterocycles. The minimum absolute atomic E-state index is 0.126. The van der Waals surface area contributed by atoms with Crippen LogP contribution in [0.3, 0.4) is 0 Å². The van der Waals surface area contributed by atoms with Crippen LogP contribution in [0.2, 0.25) is 0 Å². The summed E-state index contributed by atoms with van der Waals surface area (Å²) in [6.07, 6.45) is 0.685. The Labute approximate surface area is 100 Å². The predicted octanol–water partition coefficient (Wildman–Crippen LogP) is 2.88. The molecule has 0 saturated carbocycles. The fourth-order valence-corrected chi connectivity index (χ4v) is 1.50. The topological polar surface area (TPSA) is 43.1 Å². The van der Waals surface area contributed by atoms with Gasteiger partial charge >= 0.3 is 0 Å². The number of thiol groups is 1. The van der Waals surface area contributed by atoms with Crippen molar-refractivity contribution in [1.82, 2.24) is 0 Å². The highest BCUT2D eigenvalue weighted by atomic mass is 32.1. The van der Waals surface area contributed by atoms with E-state index < -0.39 is 0 Å². The molecule has 84 valence electrons. The van der Waals surface area contributed by atoms with Gasteiger partial charge in [-0.3, -0.25) is 10.1 Å². The maximum atomic E-state index is 10.8. The normalized spacial score (nSPS) is 9.44. The molecular weight excluding hydrogens is 222 g/mol. The molecule has 1 aromatic carbocycles. The molecule has 1 rings (SSSR count). The van der Waals surface area contributed by atoms with Crippen LogP contribution in [0.25, 0.3) is 0 Å². The van der Waals surface area contributed by atoms with Crippen molar-refractivity contribution in [2.75, 3.05) is 5.75 Å². The Morgan fingerprint density at radius 1 is 1.38 bits per heavy atom. The highest BCUT2D eigenvalue weighted by Gasteiger charge is 2.12. The quantitative estimate of drug-likeness (QED) is 0.371. The zero-order chi connectivity index (χ0) is 12.1. The zero-order valence-electron chi connectivity index (χ0n) is 9.28. The molecule has 3 nitrogen and oxygen atoms in total. The molecule has 0 unspecified atom stereocenters. The summed E-state index contributed by atoms with van der Waals surface area (Å²) in [7, 11) is 0. The van der Waals surface area contributed by atoms with Gasteiger partial charge in [0, 0.05) is 29.4 Å². The van der Waals surface area contributed by atoms with Crippen molar-refractivity contribution in [3.05, 3.63) is 38.9 Å². The van der Waals surface area contributed by atoms with Gasteiger partial charge in [-0.1, -0.05) is 11.8 Å². The van der Waals surface area contributed by atoms with Crippen molar-refractivity contribution in [3.8, 4) is 11.8 Å². The smallest absolute Gasteiger partial charge is 0.258 e. The van der Waals surface area contributed by atoms with Gasteiger partial charge in [0.15, 0.2) is 0 Å². The van der Waals surface area contributed by atoms with Crippen LogP contribution in [0.4, 0.5) is 5.69 Å². The van der Waals surface area contributed by atoms with E-state index in [0.717, 1.165) is 11.1 Å². The molecule has 0 saturated heterocycles. The fourth-order valence-electron chi connectivity index (χ4n) is 1.39.